The number of fused-ring (bicyclic) bond motifs is 1. The van der Waals surface area contributed by atoms with E-state index in [1.54, 1.807) is 34.9 Å². The Hall–Kier alpha value is -2.39. The van der Waals surface area contributed by atoms with Crippen LogP contribution in [0.5, 0.6) is 0 Å². The lowest BCUT2D eigenvalue weighted by Crippen LogP contribution is -2.39. The highest BCUT2D eigenvalue weighted by Crippen LogP contribution is 2.40. The van der Waals surface area contributed by atoms with E-state index in [0.717, 1.165) is 11.1 Å². The molecule has 1 heterocycles. The maximum atomic E-state index is 14.0. The van der Waals surface area contributed by atoms with Crippen LogP contribution < -0.4 is 4.72 Å². The van der Waals surface area contributed by atoms with Gasteiger partial charge in [-0.25, -0.2) is 12.8 Å². The summed E-state index contributed by atoms with van der Waals surface area (Å²) in [5.41, 5.74) is 1.90. The number of benzene rings is 2. The minimum absolute atomic E-state index is 0.122. The Balaban J connectivity index is 1.85. The summed E-state index contributed by atoms with van der Waals surface area (Å²) < 4.78 is 83.8. The van der Waals surface area contributed by atoms with Gasteiger partial charge in [0.2, 0.25) is 10.0 Å². The third kappa shape index (κ3) is 4.68. The van der Waals surface area contributed by atoms with Crippen LogP contribution in [0.15, 0.2) is 48.7 Å². The molecule has 0 spiro atoms. The van der Waals surface area contributed by atoms with E-state index in [1.807, 2.05) is 18.6 Å². The quantitative estimate of drug-likeness (QED) is 0.447. The Kier molecular flexibility index (Phi) is 5.83. The molecule has 172 valence electrons. The third-order valence-electron chi connectivity index (χ3n) is 5.54. The molecule has 0 saturated heterocycles. The van der Waals surface area contributed by atoms with Crippen molar-refractivity contribution in [2.75, 3.05) is 0 Å². The zero-order valence-electron chi connectivity index (χ0n) is 17.7. The van der Waals surface area contributed by atoms with Crippen molar-refractivity contribution in [1.29, 1.82) is 0 Å². The lowest BCUT2D eigenvalue weighted by atomic mass is 10.0. The molecule has 1 aliphatic rings. The van der Waals surface area contributed by atoms with E-state index in [4.69, 9.17) is 0 Å². The zero-order valence-corrected chi connectivity index (χ0v) is 18.5. The first-order valence-electron chi connectivity index (χ1n) is 10.4. The van der Waals surface area contributed by atoms with Crippen LogP contribution in [-0.4, -0.2) is 24.4 Å². The first-order chi connectivity index (χ1) is 15.0. The molecule has 1 atom stereocenters. The summed E-state index contributed by atoms with van der Waals surface area (Å²) in [5.74, 6) is -0.225. The fourth-order valence-corrected chi connectivity index (χ4v) is 5.40. The van der Waals surface area contributed by atoms with Gasteiger partial charge in [-0.15, -0.1) is 0 Å². The van der Waals surface area contributed by atoms with Crippen LogP contribution in [0.4, 0.5) is 17.6 Å². The summed E-state index contributed by atoms with van der Waals surface area (Å²) >= 11 is 0. The van der Waals surface area contributed by atoms with Crippen LogP contribution in [-0.2, 0) is 16.6 Å². The van der Waals surface area contributed by atoms with E-state index < -0.39 is 27.5 Å². The third-order valence-corrected chi connectivity index (χ3v) is 7.45. The van der Waals surface area contributed by atoms with Crippen LogP contribution in [0.25, 0.3) is 22.0 Å². The first-order valence-corrected chi connectivity index (χ1v) is 12.0. The van der Waals surface area contributed by atoms with Crippen LogP contribution >= 0.6 is 0 Å². The van der Waals surface area contributed by atoms with Gasteiger partial charge in [0.1, 0.15) is 11.9 Å². The molecule has 4 rings (SSSR count). The van der Waals surface area contributed by atoms with Gasteiger partial charge in [0.15, 0.2) is 0 Å². The second-order valence-corrected chi connectivity index (χ2v) is 10.7. The van der Waals surface area contributed by atoms with Crippen molar-refractivity contribution in [3.8, 4) is 11.1 Å². The number of nitrogens with zero attached hydrogens (tertiary/aromatic N) is 1. The Bertz CT molecular complexity index is 1230. The number of alkyl halides is 3. The second kappa shape index (κ2) is 8.19. The van der Waals surface area contributed by atoms with E-state index in [9.17, 15) is 26.0 Å². The molecule has 3 aromatic rings. The molecule has 0 bridgehead atoms. The van der Waals surface area contributed by atoms with Gasteiger partial charge >= 0.3 is 6.18 Å². The van der Waals surface area contributed by atoms with Gasteiger partial charge in [-0.05, 0) is 48.1 Å². The van der Waals surface area contributed by atoms with Crippen molar-refractivity contribution in [3.05, 3.63) is 60.0 Å². The molecular formula is C23H24F4N2O2S. The van der Waals surface area contributed by atoms with E-state index in [1.165, 1.54) is 18.3 Å². The highest BCUT2D eigenvalue weighted by Gasteiger charge is 2.47. The standard InChI is InChI=1S/C23H24F4N2O2S/c1-14(2)12-29-13-20(22(23(25,26)27)28-32(30,31)18-8-9-18)19-10-5-16(11-21(19)29)15-3-6-17(24)7-4-15/h3-7,10-11,13-14,18,22,28H,8-9,12H2,1-2H3. The van der Waals surface area contributed by atoms with Crippen molar-refractivity contribution >= 4 is 20.9 Å². The molecule has 32 heavy (non-hydrogen) atoms. The Morgan fingerprint density at radius 2 is 1.69 bits per heavy atom. The molecular weight excluding hydrogens is 444 g/mol. The molecule has 9 heteroatoms. The summed E-state index contributed by atoms with van der Waals surface area (Å²) in [6.07, 6.45) is -2.66. The number of nitrogens with one attached hydrogen (secondary N) is 1. The van der Waals surface area contributed by atoms with Gasteiger partial charge in [0.25, 0.3) is 0 Å². The fourth-order valence-electron chi connectivity index (χ4n) is 3.86. The number of aromatic nitrogens is 1. The summed E-state index contributed by atoms with van der Waals surface area (Å²) in [7, 11) is -4.07. The Labute approximate surface area is 184 Å². The van der Waals surface area contributed by atoms with Gasteiger partial charge in [-0.1, -0.05) is 38.1 Å². The molecule has 1 unspecified atom stereocenters. The largest absolute Gasteiger partial charge is 0.408 e. The Morgan fingerprint density at radius 3 is 2.25 bits per heavy atom. The monoisotopic (exact) mass is 468 g/mol. The van der Waals surface area contributed by atoms with Gasteiger partial charge in [-0.2, -0.15) is 17.9 Å². The summed E-state index contributed by atoms with van der Waals surface area (Å²) in [6.45, 7) is 4.36. The molecule has 0 aliphatic heterocycles. The molecule has 4 nitrogen and oxygen atoms in total. The van der Waals surface area contributed by atoms with Crippen LogP contribution in [0.2, 0.25) is 0 Å². The molecule has 1 aliphatic carbocycles. The number of rotatable bonds is 7. The van der Waals surface area contributed by atoms with Crippen molar-refractivity contribution in [3.63, 3.8) is 0 Å². The van der Waals surface area contributed by atoms with E-state index in [2.05, 4.69) is 0 Å². The fraction of sp³-hybridized carbons (Fsp3) is 0.391. The molecule has 1 fully saturated rings. The molecule has 0 amide bonds. The molecule has 1 aromatic heterocycles. The lowest BCUT2D eigenvalue weighted by Gasteiger charge is -2.21. The van der Waals surface area contributed by atoms with Crippen molar-refractivity contribution < 1.29 is 26.0 Å². The van der Waals surface area contributed by atoms with Crippen LogP contribution in [0.3, 0.4) is 0 Å². The SMILES string of the molecule is CC(C)Cn1cc(C(NS(=O)(=O)C2CC2)C(F)(F)F)c2ccc(-c3ccc(F)cc3)cc21. The number of hydrogen-bond acceptors (Lipinski definition) is 2. The topological polar surface area (TPSA) is 51.1 Å². The predicted octanol–water partition coefficient (Wildman–Crippen LogP) is 5.79. The average Bonchev–Trinajstić information content (AvgIpc) is 3.50. The van der Waals surface area contributed by atoms with Gasteiger partial charge in [-0.3, -0.25) is 0 Å². The zero-order chi connectivity index (χ0) is 23.3. The van der Waals surface area contributed by atoms with E-state index in [-0.39, 0.29) is 17.3 Å². The molecule has 1 N–H and O–H groups in total. The summed E-state index contributed by atoms with van der Waals surface area (Å²) in [6, 6.07) is 8.53. The maximum Gasteiger partial charge on any atom is 0.408 e. The minimum atomic E-state index is -4.80. The number of hydrogen-bond donors (Lipinski definition) is 1. The van der Waals surface area contributed by atoms with Gasteiger partial charge < -0.3 is 4.57 Å². The summed E-state index contributed by atoms with van der Waals surface area (Å²) in [5, 5.41) is -0.432. The molecule has 1 saturated carbocycles. The number of sulfonamides is 1. The maximum absolute atomic E-state index is 14.0. The van der Waals surface area contributed by atoms with Crippen LogP contribution in [0.1, 0.15) is 38.3 Å². The smallest absolute Gasteiger partial charge is 0.347 e. The molecule has 0 radical (unpaired) electrons. The van der Waals surface area contributed by atoms with Crippen LogP contribution in [0, 0.1) is 11.7 Å². The van der Waals surface area contributed by atoms with Crippen molar-refractivity contribution in [1.82, 2.24) is 9.29 Å². The molecule has 2 aromatic carbocycles. The van der Waals surface area contributed by atoms with Crippen molar-refractivity contribution in [2.24, 2.45) is 5.92 Å². The predicted molar refractivity (Wildman–Crippen MR) is 116 cm³/mol. The number of halogens is 4. The normalized spacial score (nSPS) is 16.1. The van der Waals surface area contributed by atoms with Gasteiger partial charge in [0, 0.05) is 29.2 Å². The minimum Gasteiger partial charge on any atom is -0.347 e. The highest BCUT2D eigenvalue weighted by atomic mass is 32.2. The average molecular weight is 469 g/mol. The first kappa shape index (κ1) is 22.8. The Morgan fingerprint density at radius 1 is 1.06 bits per heavy atom. The van der Waals surface area contributed by atoms with Crippen molar-refractivity contribution in [2.45, 2.75) is 50.7 Å². The lowest BCUT2D eigenvalue weighted by molar-refractivity contribution is -0.152. The summed E-state index contributed by atoms with van der Waals surface area (Å²) in [4.78, 5) is 0. The van der Waals surface area contributed by atoms with Gasteiger partial charge in [0.05, 0.1) is 5.25 Å². The van der Waals surface area contributed by atoms with E-state index in [0.29, 0.717) is 30.3 Å². The van der Waals surface area contributed by atoms with E-state index >= 15 is 0 Å². The second-order valence-electron chi connectivity index (χ2n) is 8.71. The highest BCUT2D eigenvalue weighted by molar-refractivity contribution is 7.90.